The fourth-order valence-corrected chi connectivity index (χ4v) is 3.48. The Hall–Kier alpha value is 0.0631. The van der Waals surface area contributed by atoms with Gasteiger partial charge in [-0.25, -0.2) is 0 Å². The molecule has 1 aromatic carbocycles. The van der Waals surface area contributed by atoms with E-state index >= 15 is 0 Å². The Bertz CT molecular complexity index is 365. The Morgan fingerprint density at radius 3 is 2.83 bits per heavy atom. The van der Waals surface area contributed by atoms with E-state index in [-0.39, 0.29) is 26.2 Å². The molecule has 2 fully saturated rings. The fraction of sp³-hybridized carbons (Fsp3) is 0.500. The van der Waals surface area contributed by atoms with Crippen LogP contribution in [0.15, 0.2) is 30.3 Å². The summed E-state index contributed by atoms with van der Waals surface area (Å²) in [6.07, 6.45) is 6.54. The summed E-state index contributed by atoms with van der Waals surface area (Å²) in [6.45, 7) is 6.61. The van der Waals surface area contributed by atoms with Gasteiger partial charge in [-0.15, -0.1) is 0 Å². The first-order chi connectivity index (χ1) is 8.34. The molecule has 1 heterocycles. The van der Waals surface area contributed by atoms with Gasteiger partial charge in [-0.1, -0.05) is 36.8 Å². The van der Waals surface area contributed by atoms with Crippen molar-refractivity contribution >= 4 is 0 Å². The van der Waals surface area contributed by atoms with Crippen LogP contribution in [0.2, 0.25) is 0 Å². The van der Waals surface area contributed by atoms with Crippen LogP contribution in [-0.4, -0.2) is 17.5 Å². The van der Waals surface area contributed by atoms with Crippen molar-refractivity contribution in [3.8, 4) is 0 Å². The minimum atomic E-state index is 0. The average molecular weight is 319 g/mol. The number of rotatable bonds is 2. The zero-order valence-electron chi connectivity index (χ0n) is 10.9. The average Bonchev–Trinajstić information content (AvgIpc) is 2.69. The first-order valence-electron chi connectivity index (χ1n) is 6.79. The number of likely N-dealkylation sites (tertiary alicyclic amines) is 1. The third-order valence-corrected chi connectivity index (χ3v) is 4.30. The molecule has 3 rings (SSSR count). The molecule has 18 heavy (non-hydrogen) atoms. The number of nitrogens with zero attached hydrogens (tertiary/aromatic N) is 1. The first kappa shape index (κ1) is 14.5. The van der Waals surface area contributed by atoms with Gasteiger partial charge in [0.1, 0.15) is 0 Å². The quantitative estimate of drug-likeness (QED) is 0.756. The van der Waals surface area contributed by atoms with Gasteiger partial charge in [0.25, 0.3) is 0 Å². The third-order valence-electron chi connectivity index (χ3n) is 4.30. The summed E-state index contributed by atoms with van der Waals surface area (Å²) < 4.78 is 0. The van der Waals surface area contributed by atoms with Gasteiger partial charge in [0.05, 0.1) is 0 Å². The van der Waals surface area contributed by atoms with Crippen LogP contribution >= 0.6 is 0 Å². The van der Waals surface area contributed by atoms with Crippen molar-refractivity contribution in [3.63, 3.8) is 0 Å². The van der Waals surface area contributed by atoms with Gasteiger partial charge in [-0.2, -0.15) is 18.3 Å². The predicted molar refractivity (Wildman–Crippen MR) is 71.1 cm³/mol. The van der Waals surface area contributed by atoms with Crippen molar-refractivity contribution in [2.45, 2.75) is 31.8 Å². The summed E-state index contributed by atoms with van der Waals surface area (Å²) in [5, 5.41) is 0. The maximum atomic E-state index is 4.34. The van der Waals surface area contributed by atoms with Gasteiger partial charge < -0.3 is 18.2 Å². The molecule has 0 spiro atoms. The van der Waals surface area contributed by atoms with E-state index in [4.69, 9.17) is 0 Å². The standard InChI is InChI=1S/C16H21N.Zr/c1-13-11-17(12-14-7-3-2-4-8-14)16-10-6-5-9-15(13)16;/h2-4,7-9,13,15-16H,1,5-6,10-12H2;/q-2;+2/t13-,15+,16+;/m1./s1. The van der Waals surface area contributed by atoms with E-state index in [9.17, 15) is 0 Å². The molecule has 1 aliphatic heterocycles. The van der Waals surface area contributed by atoms with Crippen molar-refractivity contribution in [2.24, 2.45) is 11.8 Å². The van der Waals surface area contributed by atoms with Gasteiger partial charge in [-0.05, 0) is 24.6 Å². The molecule has 0 unspecified atom stereocenters. The second-order valence-corrected chi connectivity index (χ2v) is 5.49. The van der Waals surface area contributed by atoms with Crippen LogP contribution in [0.25, 0.3) is 0 Å². The van der Waals surface area contributed by atoms with Gasteiger partial charge in [0.15, 0.2) is 0 Å². The smallest absolute Gasteiger partial charge is 0.341 e. The van der Waals surface area contributed by atoms with Crippen LogP contribution in [0.4, 0.5) is 0 Å². The molecule has 0 aromatic heterocycles. The molecular formula is C16H21NZr. The van der Waals surface area contributed by atoms with Crippen LogP contribution in [-0.2, 0) is 32.7 Å². The molecule has 0 radical (unpaired) electrons. The van der Waals surface area contributed by atoms with Crippen molar-refractivity contribution in [2.75, 3.05) is 6.54 Å². The summed E-state index contributed by atoms with van der Waals surface area (Å²) in [5.74, 6) is 1.34. The molecule has 0 bridgehead atoms. The number of hydrogen-bond donors (Lipinski definition) is 0. The monoisotopic (exact) mass is 317 g/mol. The van der Waals surface area contributed by atoms with Crippen LogP contribution < -0.4 is 0 Å². The van der Waals surface area contributed by atoms with E-state index in [2.05, 4.69) is 48.6 Å². The molecule has 1 saturated heterocycles. The van der Waals surface area contributed by atoms with E-state index < -0.39 is 0 Å². The molecule has 2 aliphatic rings. The van der Waals surface area contributed by atoms with E-state index in [1.54, 1.807) is 0 Å². The van der Waals surface area contributed by atoms with Crippen molar-refractivity contribution in [3.05, 3.63) is 49.2 Å². The second-order valence-electron chi connectivity index (χ2n) is 5.49. The Balaban J connectivity index is 0.00000120. The molecule has 0 N–H and O–H groups in total. The zero-order chi connectivity index (χ0) is 11.7. The minimum absolute atomic E-state index is 0. The third kappa shape index (κ3) is 2.96. The Morgan fingerprint density at radius 2 is 2.06 bits per heavy atom. The van der Waals surface area contributed by atoms with Crippen molar-refractivity contribution in [1.29, 1.82) is 0 Å². The molecule has 3 atom stereocenters. The summed E-state index contributed by atoms with van der Waals surface area (Å²) in [7, 11) is 0. The van der Waals surface area contributed by atoms with Crippen molar-refractivity contribution < 1.29 is 26.2 Å². The number of fused-ring (bicyclic) bond motifs is 1. The van der Waals surface area contributed by atoms with Crippen LogP contribution in [0.3, 0.4) is 0 Å². The van der Waals surface area contributed by atoms with E-state index in [1.807, 2.05) is 0 Å². The molecule has 1 aliphatic carbocycles. The van der Waals surface area contributed by atoms with Crippen LogP contribution in [0.5, 0.6) is 0 Å². The summed E-state index contributed by atoms with van der Waals surface area (Å²) >= 11 is 0. The van der Waals surface area contributed by atoms with Gasteiger partial charge >= 0.3 is 26.2 Å². The first-order valence-corrected chi connectivity index (χ1v) is 6.79. The molecule has 1 nitrogen and oxygen atoms in total. The fourth-order valence-electron chi connectivity index (χ4n) is 3.48. The molecule has 1 aromatic rings. The summed E-state index contributed by atoms with van der Waals surface area (Å²) in [4.78, 5) is 2.65. The van der Waals surface area contributed by atoms with Crippen LogP contribution in [0, 0.1) is 25.2 Å². The summed E-state index contributed by atoms with van der Waals surface area (Å²) in [6, 6.07) is 11.6. The summed E-state index contributed by atoms with van der Waals surface area (Å²) in [5.41, 5.74) is 1.44. The van der Waals surface area contributed by atoms with E-state index in [0.29, 0.717) is 5.92 Å². The largest absolute Gasteiger partial charge is 2.00 e. The van der Waals surface area contributed by atoms with Crippen LogP contribution in [0.1, 0.15) is 24.8 Å². The SMILES string of the molecule is [CH2-][C@@H]1CN(Cc2ccccc2)[C@H]2CCC[CH-][C@@H]12.[Zr+2]. The normalized spacial score (nSPS) is 31.7. The molecule has 2 heteroatoms. The Labute approximate surface area is 130 Å². The molecule has 94 valence electrons. The van der Waals surface area contributed by atoms with E-state index in [0.717, 1.165) is 18.5 Å². The Kier molecular flexibility index (Phi) is 5.21. The zero-order valence-corrected chi connectivity index (χ0v) is 13.3. The topological polar surface area (TPSA) is 3.24 Å². The maximum absolute atomic E-state index is 4.34. The predicted octanol–water partition coefficient (Wildman–Crippen LogP) is 3.32. The second kappa shape index (κ2) is 6.48. The van der Waals surface area contributed by atoms with E-state index in [1.165, 1.54) is 31.4 Å². The van der Waals surface area contributed by atoms with Crippen molar-refractivity contribution in [1.82, 2.24) is 4.90 Å². The Morgan fingerprint density at radius 1 is 1.28 bits per heavy atom. The van der Waals surface area contributed by atoms with Gasteiger partial charge in [-0.3, -0.25) is 0 Å². The molecule has 1 saturated carbocycles. The molecular weight excluding hydrogens is 297 g/mol. The molecule has 0 amide bonds. The maximum Gasteiger partial charge on any atom is 2.00 e. The number of benzene rings is 1. The minimum Gasteiger partial charge on any atom is -0.341 e. The van der Waals surface area contributed by atoms with Gasteiger partial charge in [0, 0.05) is 6.54 Å². The van der Waals surface area contributed by atoms with Gasteiger partial charge in [0.2, 0.25) is 0 Å². The number of hydrogen-bond acceptors (Lipinski definition) is 1.